The lowest BCUT2D eigenvalue weighted by Crippen LogP contribution is -2.23. The van der Waals surface area contributed by atoms with Gasteiger partial charge in [0.05, 0.1) is 0 Å². The zero-order chi connectivity index (χ0) is 8.27. The molecule has 1 unspecified atom stereocenters. The van der Waals surface area contributed by atoms with E-state index in [1.807, 2.05) is 0 Å². The molecule has 1 fully saturated rings. The molecule has 11 heavy (non-hydrogen) atoms. The Kier molecular flexibility index (Phi) is 3.38. The minimum Gasteiger partial charge on any atom is -0.328 e. The molecule has 0 aromatic carbocycles. The van der Waals surface area contributed by atoms with Gasteiger partial charge >= 0.3 is 0 Å². The minimum absolute atomic E-state index is 0.408. The molecule has 66 valence electrons. The van der Waals surface area contributed by atoms with Gasteiger partial charge in [-0.1, -0.05) is 26.2 Å². The molecule has 3 atom stereocenters. The first kappa shape index (κ1) is 9.05. The average Bonchev–Trinajstić information content (AvgIpc) is 1.85. The molecule has 0 spiro atoms. The van der Waals surface area contributed by atoms with Crippen LogP contribution in [-0.4, -0.2) is 6.04 Å². The van der Waals surface area contributed by atoms with Crippen molar-refractivity contribution in [3.8, 4) is 0 Å². The summed E-state index contributed by atoms with van der Waals surface area (Å²) in [5, 5.41) is 0. The first-order valence-electron chi connectivity index (χ1n) is 4.94. The monoisotopic (exact) mass is 155 g/mol. The fourth-order valence-corrected chi connectivity index (χ4v) is 2.30. The number of rotatable bonds is 2. The molecule has 0 radical (unpaired) electrons. The van der Waals surface area contributed by atoms with Crippen molar-refractivity contribution >= 4 is 0 Å². The zero-order valence-corrected chi connectivity index (χ0v) is 7.84. The van der Waals surface area contributed by atoms with Gasteiger partial charge < -0.3 is 5.73 Å². The molecule has 1 aliphatic carbocycles. The largest absolute Gasteiger partial charge is 0.328 e. The predicted octanol–water partition coefficient (Wildman–Crippen LogP) is 2.55. The van der Waals surface area contributed by atoms with Gasteiger partial charge in [0.25, 0.3) is 0 Å². The summed E-state index contributed by atoms with van der Waals surface area (Å²) in [6, 6.07) is 0.408. The van der Waals surface area contributed by atoms with E-state index in [2.05, 4.69) is 13.8 Å². The zero-order valence-electron chi connectivity index (χ0n) is 7.84. The van der Waals surface area contributed by atoms with Crippen molar-refractivity contribution in [3.05, 3.63) is 0 Å². The van der Waals surface area contributed by atoms with Crippen LogP contribution in [0.25, 0.3) is 0 Å². The van der Waals surface area contributed by atoms with Crippen LogP contribution in [0.2, 0.25) is 0 Å². The van der Waals surface area contributed by atoms with Gasteiger partial charge in [0.1, 0.15) is 0 Å². The summed E-state index contributed by atoms with van der Waals surface area (Å²) in [4.78, 5) is 0. The fourth-order valence-electron chi connectivity index (χ4n) is 2.30. The van der Waals surface area contributed by atoms with Gasteiger partial charge in [-0.2, -0.15) is 0 Å². The van der Waals surface area contributed by atoms with E-state index >= 15 is 0 Å². The van der Waals surface area contributed by atoms with Crippen molar-refractivity contribution in [1.29, 1.82) is 0 Å². The summed E-state index contributed by atoms with van der Waals surface area (Å²) < 4.78 is 0. The Morgan fingerprint density at radius 3 is 2.73 bits per heavy atom. The molecular weight excluding hydrogens is 134 g/mol. The van der Waals surface area contributed by atoms with Crippen molar-refractivity contribution in [3.63, 3.8) is 0 Å². The number of hydrogen-bond donors (Lipinski definition) is 1. The van der Waals surface area contributed by atoms with Crippen molar-refractivity contribution in [2.45, 2.75) is 52.0 Å². The Balaban J connectivity index is 2.23. The normalized spacial score (nSPS) is 35.2. The molecule has 0 saturated heterocycles. The first-order chi connectivity index (χ1) is 5.18. The van der Waals surface area contributed by atoms with Crippen LogP contribution in [-0.2, 0) is 0 Å². The van der Waals surface area contributed by atoms with Gasteiger partial charge in [-0.25, -0.2) is 0 Å². The second-order valence-electron chi connectivity index (χ2n) is 4.35. The minimum atomic E-state index is 0.408. The second kappa shape index (κ2) is 4.10. The first-order valence-corrected chi connectivity index (χ1v) is 4.94. The molecule has 0 aromatic heterocycles. The predicted molar refractivity (Wildman–Crippen MR) is 49.4 cm³/mol. The summed E-state index contributed by atoms with van der Waals surface area (Å²) in [5.74, 6) is 1.88. The molecule has 0 amide bonds. The van der Waals surface area contributed by atoms with Gasteiger partial charge in [0.2, 0.25) is 0 Å². The maximum atomic E-state index is 5.77. The van der Waals surface area contributed by atoms with Crippen LogP contribution in [0, 0.1) is 11.8 Å². The molecule has 0 aromatic rings. The maximum absolute atomic E-state index is 5.77. The van der Waals surface area contributed by atoms with E-state index in [4.69, 9.17) is 5.73 Å². The Hall–Kier alpha value is -0.0400. The van der Waals surface area contributed by atoms with Gasteiger partial charge in [-0.15, -0.1) is 0 Å². The summed E-state index contributed by atoms with van der Waals surface area (Å²) in [6.45, 7) is 4.49. The summed E-state index contributed by atoms with van der Waals surface area (Å²) in [5.41, 5.74) is 5.77. The summed E-state index contributed by atoms with van der Waals surface area (Å²) in [6.07, 6.45) is 6.95. The van der Waals surface area contributed by atoms with Gasteiger partial charge in [-0.05, 0) is 31.6 Å². The summed E-state index contributed by atoms with van der Waals surface area (Å²) in [7, 11) is 0. The van der Waals surface area contributed by atoms with Crippen LogP contribution in [0.5, 0.6) is 0 Å². The van der Waals surface area contributed by atoms with E-state index in [9.17, 15) is 0 Å². The van der Waals surface area contributed by atoms with Crippen LogP contribution in [0.3, 0.4) is 0 Å². The molecule has 1 rings (SSSR count). The Morgan fingerprint density at radius 1 is 1.45 bits per heavy atom. The van der Waals surface area contributed by atoms with E-state index < -0.39 is 0 Å². The highest BCUT2D eigenvalue weighted by Crippen LogP contribution is 2.30. The molecule has 1 saturated carbocycles. The molecular formula is C10H21N. The molecule has 1 heteroatoms. The van der Waals surface area contributed by atoms with E-state index in [-0.39, 0.29) is 0 Å². The van der Waals surface area contributed by atoms with Crippen LogP contribution >= 0.6 is 0 Å². The highest BCUT2D eigenvalue weighted by molar-refractivity contribution is 4.72. The van der Waals surface area contributed by atoms with E-state index in [1.165, 1.54) is 32.1 Å². The van der Waals surface area contributed by atoms with E-state index in [0.29, 0.717) is 6.04 Å². The van der Waals surface area contributed by atoms with Crippen molar-refractivity contribution in [2.24, 2.45) is 17.6 Å². The maximum Gasteiger partial charge on any atom is 0.00131 e. The fraction of sp³-hybridized carbons (Fsp3) is 1.00. The van der Waals surface area contributed by atoms with Gasteiger partial charge in [0, 0.05) is 6.04 Å². The molecule has 0 bridgehead atoms. The van der Waals surface area contributed by atoms with Crippen LogP contribution in [0.15, 0.2) is 0 Å². The lowest BCUT2D eigenvalue weighted by Gasteiger charge is -2.27. The molecule has 2 N–H and O–H groups in total. The van der Waals surface area contributed by atoms with Crippen LogP contribution in [0.1, 0.15) is 46.0 Å². The Bertz CT molecular complexity index is 107. The molecule has 1 nitrogen and oxygen atoms in total. The van der Waals surface area contributed by atoms with E-state index in [0.717, 1.165) is 11.8 Å². The lowest BCUT2D eigenvalue weighted by molar-refractivity contribution is 0.260. The Morgan fingerprint density at radius 2 is 2.18 bits per heavy atom. The third-order valence-electron chi connectivity index (χ3n) is 2.75. The third kappa shape index (κ3) is 3.24. The van der Waals surface area contributed by atoms with E-state index in [1.54, 1.807) is 0 Å². The second-order valence-corrected chi connectivity index (χ2v) is 4.35. The quantitative estimate of drug-likeness (QED) is 0.651. The van der Waals surface area contributed by atoms with Crippen molar-refractivity contribution in [2.75, 3.05) is 0 Å². The SMILES string of the molecule is C[C@H]1CCCC(C[C@H](C)N)C1. The van der Waals surface area contributed by atoms with Crippen molar-refractivity contribution < 1.29 is 0 Å². The number of hydrogen-bond acceptors (Lipinski definition) is 1. The molecule has 0 heterocycles. The van der Waals surface area contributed by atoms with Gasteiger partial charge in [-0.3, -0.25) is 0 Å². The standard InChI is InChI=1S/C10H21N/c1-8-4-3-5-10(6-8)7-9(2)11/h8-10H,3-7,11H2,1-2H3/t8-,9-,10?/m0/s1. The highest BCUT2D eigenvalue weighted by Gasteiger charge is 2.19. The summed E-state index contributed by atoms with van der Waals surface area (Å²) >= 11 is 0. The molecule has 1 aliphatic rings. The molecule has 0 aliphatic heterocycles. The Labute approximate surface area is 70.4 Å². The number of nitrogens with two attached hydrogens (primary N) is 1. The smallest absolute Gasteiger partial charge is 0.00131 e. The van der Waals surface area contributed by atoms with Gasteiger partial charge in [0.15, 0.2) is 0 Å². The highest BCUT2D eigenvalue weighted by atomic mass is 14.6. The topological polar surface area (TPSA) is 26.0 Å². The lowest BCUT2D eigenvalue weighted by atomic mass is 9.80. The third-order valence-corrected chi connectivity index (χ3v) is 2.75. The van der Waals surface area contributed by atoms with Crippen LogP contribution in [0.4, 0.5) is 0 Å². The van der Waals surface area contributed by atoms with Crippen molar-refractivity contribution in [1.82, 2.24) is 0 Å². The average molecular weight is 155 g/mol. The van der Waals surface area contributed by atoms with Crippen LogP contribution < -0.4 is 5.73 Å².